The highest BCUT2D eigenvalue weighted by Crippen LogP contribution is 2.21. The van der Waals surface area contributed by atoms with Crippen LogP contribution in [0, 0.1) is 6.92 Å². The summed E-state index contributed by atoms with van der Waals surface area (Å²) < 4.78 is 5.84. The molecule has 1 N–H and O–H groups in total. The van der Waals surface area contributed by atoms with Crippen LogP contribution in [0.3, 0.4) is 0 Å². The molecule has 1 aromatic carbocycles. The number of aryl methyl sites for hydroxylation is 1. The van der Waals surface area contributed by atoms with Crippen molar-refractivity contribution in [1.82, 2.24) is 4.90 Å². The SMILES string of the molecule is C=C.CC.CC(=O)C(=O)O.Cc1cc(Cl)ccc1OCCN1CCCCCC1. The van der Waals surface area contributed by atoms with Crippen molar-refractivity contribution >= 4 is 23.4 Å². The van der Waals surface area contributed by atoms with Crippen molar-refractivity contribution < 1.29 is 19.4 Å². The van der Waals surface area contributed by atoms with Crippen LogP contribution in [0.25, 0.3) is 0 Å². The number of Topliss-reactive ketones (excluding diaryl/α,β-unsaturated/α-hetero) is 1. The zero-order valence-corrected chi connectivity index (χ0v) is 18.6. The van der Waals surface area contributed by atoms with Crippen molar-refractivity contribution in [3.05, 3.63) is 41.9 Å². The molecule has 5 nitrogen and oxygen atoms in total. The Balaban J connectivity index is 0. The Morgan fingerprint density at radius 3 is 2.07 bits per heavy atom. The summed E-state index contributed by atoms with van der Waals surface area (Å²) in [6.45, 7) is 17.3. The summed E-state index contributed by atoms with van der Waals surface area (Å²) in [5.74, 6) is -1.25. The standard InChI is InChI=1S/C15H22ClNO.C3H4O3.C2H6.C2H4/c1-13-12-14(16)6-7-15(13)18-11-10-17-8-4-2-3-5-9-17;1-2(4)3(5)6;2*1-2/h6-7,12H,2-5,8-11H2,1H3;1H3,(H,5,6);1-2H3;1-2H2. The molecule has 0 amide bonds. The number of carbonyl (C=O) groups is 2. The topological polar surface area (TPSA) is 66.8 Å². The molecule has 0 unspecified atom stereocenters. The Bertz CT molecular complexity index is 543. The van der Waals surface area contributed by atoms with Crippen LogP contribution in [-0.4, -0.2) is 48.0 Å². The fraction of sp³-hybridized carbons (Fsp3) is 0.545. The second kappa shape index (κ2) is 18.5. The van der Waals surface area contributed by atoms with Gasteiger partial charge in [0.05, 0.1) is 0 Å². The van der Waals surface area contributed by atoms with Crippen LogP contribution in [0.15, 0.2) is 31.4 Å². The van der Waals surface area contributed by atoms with E-state index in [9.17, 15) is 9.59 Å². The predicted octanol–water partition coefficient (Wildman–Crippen LogP) is 5.39. The number of ketones is 1. The third-order valence-corrected chi connectivity index (χ3v) is 4.04. The number of halogens is 1. The molecule has 28 heavy (non-hydrogen) atoms. The summed E-state index contributed by atoms with van der Waals surface area (Å²) in [5.41, 5.74) is 1.11. The number of rotatable bonds is 5. The lowest BCUT2D eigenvalue weighted by atomic mass is 10.2. The number of aliphatic carboxylic acids is 1. The van der Waals surface area contributed by atoms with Crippen LogP contribution >= 0.6 is 11.6 Å². The molecule has 1 fully saturated rings. The highest BCUT2D eigenvalue weighted by atomic mass is 35.5. The van der Waals surface area contributed by atoms with Crippen molar-refractivity contribution in [2.24, 2.45) is 0 Å². The maximum Gasteiger partial charge on any atom is 0.371 e. The van der Waals surface area contributed by atoms with Gasteiger partial charge < -0.3 is 9.84 Å². The molecule has 0 bridgehead atoms. The minimum Gasteiger partial charge on any atom is -0.492 e. The molecule has 1 heterocycles. The zero-order valence-electron chi connectivity index (χ0n) is 17.8. The lowest BCUT2D eigenvalue weighted by Gasteiger charge is -2.20. The number of benzene rings is 1. The van der Waals surface area contributed by atoms with Gasteiger partial charge in [-0.3, -0.25) is 9.69 Å². The zero-order chi connectivity index (χ0) is 21.9. The molecule has 1 aromatic rings. The first-order valence-electron chi connectivity index (χ1n) is 9.75. The summed E-state index contributed by atoms with van der Waals surface area (Å²) in [7, 11) is 0. The van der Waals surface area contributed by atoms with Gasteiger partial charge in [0.15, 0.2) is 0 Å². The maximum atomic E-state index is 9.54. The monoisotopic (exact) mass is 413 g/mol. The van der Waals surface area contributed by atoms with E-state index in [1.807, 2.05) is 39.0 Å². The van der Waals surface area contributed by atoms with Crippen LogP contribution < -0.4 is 4.74 Å². The van der Waals surface area contributed by atoms with E-state index in [2.05, 4.69) is 18.1 Å². The van der Waals surface area contributed by atoms with E-state index in [-0.39, 0.29) is 0 Å². The fourth-order valence-electron chi connectivity index (χ4n) is 2.42. The first-order chi connectivity index (χ1) is 13.4. The van der Waals surface area contributed by atoms with Gasteiger partial charge in [-0.05, 0) is 56.6 Å². The number of hydrogen-bond acceptors (Lipinski definition) is 4. The van der Waals surface area contributed by atoms with Crippen LogP contribution in [0.2, 0.25) is 5.02 Å². The molecule has 6 heteroatoms. The van der Waals surface area contributed by atoms with Gasteiger partial charge in [-0.2, -0.15) is 0 Å². The summed E-state index contributed by atoms with van der Waals surface area (Å²) >= 11 is 5.93. The third-order valence-electron chi connectivity index (χ3n) is 3.80. The van der Waals surface area contributed by atoms with Crippen molar-refractivity contribution in [1.29, 1.82) is 0 Å². The molecule has 0 spiro atoms. The van der Waals surface area contributed by atoms with E-state index in [0.717, 1.165) is 36.4 Å². The number of nitrogens with zero attached hydrogens (tertiary/aromatic N) is 1. The summed E-state index contributed by atoms with van der Waals surface area (Å²) in [6, 6.07) is 5.79. The highest BCUT2D eigenvalue weighted by molar-refractivity contribution is 6.31. The molecule has 2 rings (SSSR count). The Morgan fingerprint density at radius 2 is 1.64 bits per heavy atom. The van der Waals surface area contributed by atoms with Gasteiger partial charge in [0, 0.05) is 18.5 Å². The summed E-state index contributed by atoms with van der Waals surface area (Å²) in [6.07, 6.45) is 5.43. The molecule has 1 aliphatic rings. The maximum absolute atomic E-state index is 9.54. The smallest absolute Gasteiger partial charge is 0.371 e. The molecule has 0 radical (unpaired) electrons. The number of ether oxygens (including phenoxy) is 1. The Labute approximate surface area is 175 Å². The molecule has 160 valence electrons. The van der Waals surface area contributed by atoms with Crippen molar-refractivity contribution in [3.8, 4) is 5.75 Å². The van der Waals surface area contributed by atoms with Crippen LogP contribution in [-0.2, 0) is 9.59 Å². The Hall–Kier alpha value is -1.85. The van der Waals surface area contributed by atoms with Gasteiger partial charge >= 0.3 is 5.97 Å². The average molecular weight is 414 g/mol. The molecule has 0 aliphatic carbocycles. The molecule has 1 saturated heterocycles. The number of hydrogen-bond donors (Lipinski definition) is 1. The fourth-order valence-corrected chi connectivity index (χ4v) is 2.65. The molecule has 0 saturated carbocycles. The Kier molecular flexibility index (Phi) is 18.7. The number of likely N-dealkylation sites (tertiary alicyclic amines) is 1. The number of carboxylic acid groups (broad SMARTS) is 1. The summed E-state index contributed by atoms with van der Waals surface area (Å²) in [5, 5.41) is 8.41. The molecule has 0 atom stereocenters. The normalized spacial score (nSPS) is 13.2. The lowest BCUT2D eigenvalue weighted by molar-refractivity contribution is -0.148. The number of carboxylic acids is 1. The third kappa shape index (κ3) is 14.2. The van der Waals surface area contributed by atoms with Crippen LogP contribution in [0.1, 0.15) is 52.0 Å². The van der Waals surface area contributed by atoms with Crippen molar-refractivity contribution in [2.75, 3.05) is 26.2 Å². The minimum absolute atomic E-state index is 0.766. The van der Waals surface area contributed by atoms with Crippen molar-refractivity contribution in [3.63, 3.8) is 0 Å². The van der Waals surface area contributed by atoms with E-state index < -0.39 is 11.8 Å². The molecule has 0 aromatic heterocycles. The van der Waals surface area contributed by atoms with Gasteiger partial charge in [-0.15, -0.1) is 13.2 Å². The van der Waals surface area contributed by atoms with Crippen LogP contribution in [0.5, 0.6) is 5.75 Å². The minimum atomic E-state index is -1.38. The number of carbonyl (C=O) groups excluding carboxylic acids is 1. The van der Waals surface area contributed by atoms with Gasteiger partial charge in [0.1, 0.15) is 12.4 Å². The molecular formula is C22H36ClNO4. The lowest BCUT2D eigenvalue weighted by Crippen LogP contribution is -2.29. The van der Waals surface area contributed by atoms with Crippen molar-refractivity contribution in [2.45, 2.75) is 53.4 Å². The highest BCUT2D eigenvalue weighted by Gasteiger charge is 2.09. The molecular weight excluding hydrogens is 378 g/mol. The molecule has 1 aliphatic heterocycles. The quantitative estimate of drug-likeness (QED) is 0.517. The first-order valence-corrected chi connectivity index (χ1v) is 10.1. The van der Waals surface area contributed by atoms with E-state index in [0.29, 0.717) is 0 Å². The van der Waals surface area contributed by atoms with Crippen LogP contribution in [0.4, 0.5) is 0 Å². The van der Waals surface area contributed by atoms with Gasteiger partial charge in [-0.1, -0.05) is 38.3 Å². The second-order valence-corrected chi connectivity index (χ2v) is 6.31. The van der Waals surface area contributed by atoms with Gasteiger partial charge in [0.25, 0.3) is 0 Å². The predicted molar refractivity (Wildman–Crippen MR) is 118 cm³/mol. The largest absolute Gasteiger partial charge is 0.492 e. The van der Waals surface area contributed by atoms with E-state index >= 15 is 0 Å². The second-order valence-electron chi connectivity index (χ2n) is 5.88. The van der Waals surface area contributed by atoms with E-state index in [4.69, 9.17) is 21.4 Å². The van der Waals surface area contributed by atoms with Gasteiger partial charge in [0.2, 0.25) is 5.78 Å². The van der Waals surface area contributed by atoms with E-state index in [1.54, 1.807) is 0 Å². The van der Waals surface area contributed by atoms with E-state index in [1.165, 1.54) is 38.8 Å². The Morgan fingerprint density at radius 1 is 1.14 bits per heavy atom. The summed E-state index contributed by atoms with van der Waals surface area (Å²) in [4.78, 5) is 21.4. The first kappa shape index (κ1) is 28.4. The average Bonchev–Trinajstić information content (AvgIpc) is 2.96. The van der Waals surface area contributed by atoms with Gasteiger partial charge in [-0.25, -0.2) is 4.79 Å².